The van der Waals surface area contributed by atoms with Crippen molar-refractivity contribution >= 4 is 34.4 Å². The predicted molar refractivity (Wildman–Crippen MR) is 105 cm³/mol. The minimum absolute atomic E-state index is 0.0317. The van der Waals surface area contributed by atoms with Crippen LogP contribution in [0.2, 0.25) is 5.28 Å². The molecule has 0 atom stereocenters. The van der Waals surface area contributed by atoms with Gasteiger partial charge in [-0.1, -0.05) is 17.7 Å². The quantitative estimate of drug-likeness (QED) is 0.689. The zero-order valence-electron chi connectivity index (χ0n) is 15.8. The number of carbonyl (C=O) groups excluding carboxylic acids is 1. The van der Waals surface area contributed by atoms with Crippen molar-refractivity contribution in [1.29, 1.82) is 0 Å². The molecule has 3 rings (SSSR count). The number of imidazole rings is 1. The highest BCUT2D eigenvalue weighted by Crippen LogP contribution is 2.22. The molecule has 0 saturated carbocycles. The van der Waals surface area contributed by atoms with Gasteiger partial charge in [0.25, 0.3) is 5.56 Å². The zero-order valence-corrected chi connectivity index (χ0v) is 16.5. The third-order valence-electron chi connectivity index (χ3n) is 4.54. The Bertz CT molecular complexity index is 1180. The SMILES string of the molecule is Cc1cc(C)c(NC(=O)Cn2c(Cl)nc3c2c(=O)n(C)c(=O)n3C)c(C)c1. The van der Waals surface area contributed by atoms with Crippen LogP contribution in [0.5, 0.6) is 0 Å². The van der Waals surface area contributed by atoms with Gasteiger partial charge >= 0.3 is 5.69 Å². The molecular weight excluding hydrogens is 370 g/mol. The fourth-order valence-corrected chi connectivity index (χ4v) is 3.49. The first-order valence-electron chi connectivity index (χ1n) is 8.31. The van der Waals surface area contributed by atoms with E-state index >= 15 is 0 Å². The summed E-state index contributed by atoms with van der Waals surface area (Å²) in [6, 6.07) is 3.96. The Morgan fingerprint density at radius 1 is 1.11 bits per heavy atom. The number of rotatable bonds is 3. The van der Waals surface area contributed by atoms with E-state index in [1.165, 1.54) is 23.2 Å². The molecule has 0 aliphatic carbocycles. The molecular formula is C18H20ClN5O3. The number of benzene rings is 1. The second-order valence-corrected chi connectivity index (χ2v) is 7.00. The zero-order chi connectivity index (χ0) is 20.0. The number of aromatic nitrogens is 4. The average Bonchev–Trinajstić information content (AvgIpc) is 2.91. The topological polar surface area (TPSA) is 90.9 Å². The van der Waals surface area contributed by atoms with E-state index in [2.05, 4.69) is 10.3 Å². The smallest absolute Gasteiger partial charge is 0.324 e. The number of fused-ring (bicyclic) bond motifs is 1. The third kappa shape index (κ3) is 3.16. The average molecular weight is 390 g/mol. The van der Waals surface area contributed by atoms with Crippen LogP contribution in [0.25, 0.3) is 11.2 Å². The van der Waals surface area contributed by atoms with Crippen molar-refractivity contribution in [2.24, 2.45) is 14.1 Å². The van der Waals surface area contributed by atoms with Crippen LogP contribution >= 0.6 is 11.6 Å². The molecule has 0 fully saturated rings. The Kier molecular flexibility index (Phi) is 4.69. The van der Waals surface area contributed by atoms with E-state index in [0.717, 1.165) is 26.9 Å². The van der Waals surface area contributed by atoms with Gasteiger partial charge in [-0.3, -0.25) is 23.3 Å². The predicted octanol–water partition coefficient (Wildman–Crippen LogP) is 1.65. The van der Waals surface area contributed by atoms with Gasteiger partial charge in [-0.05, 0) is 43.5 Å². The van der Waals surface area contributed by atoms with E-state index < -0.39 is 11.2 Å². The summed E-state index contributed by atoms with van der Waals surface area (Å²) in [5.41, 5.74) is 2.91. The molecule has 27 heavy (non-hydrogen) atoms. The number of aryl methyl sites for hydroxylation is 4. The second-order valence-electron chi connectivity index (χ2n) is 6.67. The van der Waals surface area contributed by atoms with Crippen molar-refractivity contribution in [3.8, 4) is 0 Å². The number of nitrogens with one attached hydrogen (secondary N) is 1. The highest BCUT2D eigenvalue weighted by Gasteiger charge is 2.20. The van der Waals surface area contributed by atoms with Gasteiger partial charge in [-0.2, -0.15) is 4.98 Å². The second kappa shape index (κ2) is 6.70. The lowest BCUT2D eigenvalue weighted by Crippen LogP contribution is -2.37. The molecule has 3 aromatic rings. The lowest BCUT2D eigenvalue weighted by Gasteiger charge is -2.13. The fourth-order valence-electron chi connectivity index (χ4n) is 3.26. The minimum atomic E-state index is -0.553. The minimum Gasteiger partial charge on any atom is -0.324 e. The van der Waals surface area contributed by atoms with E-state index in [0.29, 0.717) is 0 Å². The Labute approximate surface area is 160 Å². The Morgan fingerprint density at radius 3 is 2.30 bits per heavy atom. The maximum atomic E-state index is 12.6. The third-order valence-corrected chi connectivity index (χ3v) is 4.83. The molecule has 9 heteroatoms. The molecule has 0 bridgehead atoms. The van der Waals surface area contributed by atoms with Gasteiger partial charge in [-0.15, -0.1) is 0 Å². The molecule has 2 aromatic heterocycles. The van der Waals surface area contributed by atoms with Crippen LogP contribution in [0.3, 0.4) is 0 Å². The Hall–Kier alpha value is -2.87. The summed E-state index contributed by atoms with van der Waals surface area (Å²) in [6.07, 6.45) is 0. The van der Waals surface area contributed by atoms with E-state index in [1.807, 2.05) is 32.9 Å². The van der Waals surface area contributed by atoms with Gasteiger partial charge < -0.3 is 5.32 Å². The molecule has 2 heterocycles. The van der Waals surface area contributed by atoms with Crippen molar-refractivity contribution in [3.63, 3.8) is 0 Å². The van der Waals surface area contributed by atoms with Gasteiger partial charge in [-0.25, -0.2) is 4.79 Å². The van der Waals surface area contributed by atoms with Crippen molar-refractivity contribution in [3.05, 3.63) is 54.9 Å². The van der Waals surface area contributed by atoms with Crippen molar-refractivity contribution in [2.45, 2.75) is 27.3 Å². The van der Waals surface area contributed by atoms with E-state index in [4.69, 9.17) is 11.6 Å². The number of halogens is 1. The summed E-state index contributed by atoms with van der Waals surface area (Å²) < 4.78 is 3.50. The molecule has 1 aromatic carbocycles. The van der Waals surface area contributed by atoms with Crippen molar-refractivity contribution in [2.75, 3.05) is 5.32 Å². The van der Waals surface area contributed by atoms with Crippen LogP contribution in [0, 0.1) is 20.8 Å². The van der Waals surface area contributed by atoms with Crippen molar-refractivity contribution < 1.29 is 4.79 Å². The van der Waals surface area contributed by atoms with E-state index in [-0.39, 0.29) is 28.9 Å². The van der Waals surface area contributed by atoms with E-state index in [1.54, 1.807) is 0 Å². The number of hydrogen-bond acceptors (Lipinski definition) is 4. The number of hydrogen-bond donors (Lipinski definition) is 1. The monoisotopic (exact) mass is 389 g/mol. The van der Waals surface area contributed by atoms with Crippen LogP contribution in [-0.4, -0.2) is 24.6 Å². The summed E-state index contributed by atoms with van der Waals surface area (Å²) in [5, 5.41) is 2.84. The van der Waals surface area contributed by atoms with Gasteiger partial charge in [0, 0.05) is 19.8 Å². The van der Waals surface area contributed by atoms with Crippen LogP contribution in [-0.2, 0) is 25.4 Å². The molecule has 8 nitrogen and oxygen atoms in total. The first kappa shape index (κ1) is 18.9. The maximum absolute atomic E-state index is 12.6. The number of amides is 1. The van der Waals surface area contributed by atoms with Crippen LogP contribution in [0.4, 0.5) is 5.69 Å². The van der Waals surface area contributed by atoms with Gasteiger partial charge in [0.2, 0.25) is 11.2 Å². The highest BCUT2D eigenvalue weighted by molar-refractivity contribution is 6.29. The van der Waals surface area contributed by atoms with E-state index in [9.17, 15) is 14.4 Å². The molecule has 142 valence electrons. The maximum Gasteiger partial charge on any atom is 0.332 e. The first-order chi connectivity index (χ1) is 12.6. The Morgan fingerprint density at radius 2 is 1.70 bits per heavy atom. The van der Waals surface area contributed by atoms with Gasteiger partial charge in [0.1, 0.15) is 6.54 Å². The normalized spacial score (nSPS) is 11.2. The lowest BCUT2D eigenvalue weighted by atomic mass is 10.1. The number of anilines is 1. The van der Waals surface area contributed by atoms with Gasteiger partial charge in [0.05, 0.1) is 0 Å². The summed E-state index contributed by atoms with van der Waals surface area (Å²) in [6.45, 7) is 5.63. The molecule has 1 amide bonds. The highest BCUT2D eigenvalue weighted by atomic mass is 35.5. The first-order valence-corrected chi connectivity index (χ1v) is 8.69. The summed E-state index contributed by atoms with van der Waals surface area (Å²) in [4.78, 5) is 41.3. The number of nitrogens with zero attached hydrogens (tertiary/aromatic N) is 4. The Balaban J connectivity index is 2.03. The molecule has 0 unspecified atom stereocenters. The molecule has 1 N–H and O–H groups in total. The molecule has 0 aliphatic rings. The molecule has 0 radical (unpaired) electrons. The van der Waals surface area contributed by atoms with Crippen LogP contribution in [0.15, 0.2) is 21.7 Å². The molecule has 0 aliphatic heterocycles. The molecule has 0 spiro atoms. The summed E-state index contributed by atoms with van der Waals surface area (Å²) >= 11 is 6.15. The molecule has 0 saturated heterocycles. The van der Waals surface area contributed by atoms with Crippen LogP contribution in [0.1, 0.15) is 16.7 Å². The van der Waals surface area contributed by atoms with Gasteiger partial charge in [0.15, 0.2) is 11.2 Å². The number of carbonyl (C=O) groups is 1. The lowest BCUT2D eigenvalue weighted by molar-refractivity contribution is -0.116. The summed E-state index contributed by atoms with van der Waals surface area (Å²) in [7, 11) is 2.87. The largest absolute Gasteiger partial charge is 0.332 e. The summed E-state index contributed by atoms with van der Waals surface area (Å²) in [5.74, 6) is -0.345. The van der Waals surface area contributed by atoms with Crippen molar-refractivity contribution in [1.82, 2.24) is 18.7 Å². The standard InChI is InChI=1S/C18H20ClN5O3/c1-9-6-10(2)13(11(3)7-9)20-12(25)8-24-14-15(21-17(24)19)22(4)18(27)23(5)16(14)26/h6-7H,8H2,1-5H3,(H,20,25). The van der Waals surface area contributed by atoms with Crippen LogP contribution < -0.4 is 16.6 Å². The fraction of sp³-hybridized carbons (Fsp3) is 0.333.